The Bertz CT molecular complexity index is 1440. The molecule has 1 N–H and O–H groups in total. The van der Waals surface area contributed by atoms with Crippen LogP contribution in [0, 0.1) is 17.6 Å². The van der Waals surface area contributed by atoms with E-state index in [2.05, 4.69) is 0 Å². The van der Waals surface area contributed by atoms with Crippen molar-refractivity contribution in [3.63, 3.8) is 0 Å². The van der Waals surface area contributed by atoms with Crippen LogP contribution < -0.4 is 0 Å². The van der Waals surface area contributed by atoms with E-state index in [-0.39, 0.29) is 30.2 Å². The molecule has 0 spiro atoms. The van der Waals surface area contributed by atoms with Crippen LogP contribution in [0.3, 0.4) is 0 Å². The lowest BCUT2D eigenvalue weighted by Gasteiger charge is -2.39. The van der Waals surface area contributed by atoms with E-state index in [4.69, 9.17) is 16.3 Å². The summed E-state index contributed by atoms with van der Waals surface area (Å²) in [5, 5.41) is 11.3. The number of amides is 1. The second-order valence-corrected chi connectivity index (χ2v) is 13.3. The van der Waals surface area contributed by atoms with Crippen LogP contribution in [0.5, 0.6) is 0 Å². The van der Waals surface area contributed by atoms with Crippen molar-refractivity contribution in [2.24, 2.45) is 5.92 Å². The van der Waals surface area contributed by atoms with Gasteiger partial charge in [-0.05, 0) is 67.8 Å². The van der Waals surface area contributed by atoms with Gasteiger partial charge >= 0.3 is 6.09 Å². The third-order valence-corrected chi connectivity index (χ3v) is 10.8. The number of hydrogen-bond donors (Lipinski definition) is 1. The highest BCUT2D eigenvalue weighted by Gasteiger charge is 2.49. The van der Waals surface area contributed by atoms with Crippen molar-refractivity contribution in [3.05, 3.63) is 101 Å². The number of halogens is 3. The Labute approximate surface area is 238 Å². The highest BCUT2D eigenvalue weighted by atomic mass is 35.5. The van der Waals surface area contributed by atoms with Gasteiger partial charge in [-0.1, -0.05) is 48.9 Å². The lowest BCUT2D eigenvalue weighted by atomic mass is 9.85. The number of rotatable bonds is 8. The Morgan fingerprint density at radius 2 is 1.70 bits per heavy atom. The molecule has 1 saturated heterocycles. The quantitative estimate of drug-likeness (QED) is 0.340. The molecule has 3 aromatic carbocycles. The number of aliphatic hydroxyl groups is 1. The molecule has 10 heteroatoms. The molecule has 0 aliphatic carbocycles. The number of benzene rings is 3. The summed E-state index contributed by atoms with van der Waals surface area (Å²) in [7, 11) is -4.33. The maximum absolute atomic E-state index is 15.1. The minimum absolute atomic E-state index is 0.130. The maximum Gasteiger partial charge on any atom is 0.409 e. The van der Waals surface area contributed by atoms with Gasteiger partial charge in [0.1, 0.15) is 16.4 Å². The van der Waals surface area contributed by atoms with Crippen molar-refractivity contribution in [2.75, 3.05) is 19.7 Å². The van der Waals surface area contributed by atoms with Crippen LogP contribution in [0.25, 0.3) is 0 Å². The first kappa shape index (κ1) is 30.0. The van der Waals surface area contributed by atoms with E-state index >= 15 is 4.39 Å². The van der Waals surface area contributed by atoms with Gasteiger partial charge < -0.3 is 14.7 Å². The molecule has 1 heterocycles. The molecule has 1 amide bonds. The highest BCUT2D eigenvalue weighted by Crippen LogP contribution is 2.43. The molecular weight excluding hydrogens is 560 g/mol. The molecule has 1 fully saturated rings. The SMILES string of the molecule is CC(COC(=O)N1CCC(O)(Cc2ccccc2)CC1)C(C)(c1cc(F)ccc1F)S(=O)(=O)c1ccc(Cl)cc1. The molecule has 0 saturated carbocycles. The third kappa shape index (κ3) is 6.16. The van der Waals surface area contributed by atoms with Crippen LogP contribution >= 0.6 is 11.6 Å². The molecule has 40 heavy (non-hydrogen) atoms. The van der Waals surface area contributed by atoms with Crippen molar-refractivity contribution < 1.29 is 31.8 Å². The predicted molar refractivity (Wildman–Crippen MR) is 149 cm³/mol. The molecule has 6 nitrogen and oxygen atoms in total. The molecule has 4 rings (SSSR count). The number of likely N-dealkylation sites (tertiary alicyclic amines) is 1. The summed E-state index contributed by atoms with van der Waals surface area (Å²) in [5.41, 5.74) is -0.318. The average molecular weight is 592 g/mol. The average Bonchev–Trinajstić information content (AvgIpc) is 2.93. The molecule has 1 aliphatic heterocycles. The molecule has 3 aromatic rings. The second-order valence-electron chi connectivity index (χ2n) is 10.5. The summed E-state index contributed by atoms with van der Waals surface area (Å²) < 4.78 is 60.7. The van der Waals surface area contributed by atoms with Crippen molar-refractivity contribution in [3.8, 4) is 0 Å². The van der Waals surface area contributed by atoms with Crippen LogP contribution in [0.2, 0.25) is 5.02 Å². The zero-order chi connectivity index (χ0) is 29.1. The van der Waals surface area contributed by atoms with Gasteiger partial charge in [-0.15, -0.1) is 0 Å². The van der Waals surface area contributed by atoms with Crippen molar-refractivity contribution in [2.45, 2.75) is 48.4 Å². The van der Waals surface area contributed by atoms with Gasteiger partial charge in [-0.3, -0.25) is 0 Å². The largest absolute Gasteiger partial charge is 0.449 e. The first-order chi connectivity index (χ1) is 18.9. The topological polar surface area (TPSA) is 83.9 Å². The van der Waals surface area contributed by atoms with E-state index in [1.807, 2.05) is 30.3 Å². The minimum Gasteiger partial charge on any atom is -0.449 e. The van der Waals surface area contributed by atoms with Crippen LogP contribution in [0.4, 0.5) is 13.6 Å². The molecule has 214 valence electrons. The van der Waals surface area contributed by atoms with Gasteiger partial charge in [0.2, 0.25) is 0 Å². The normalized spacial score (nSPS) is 17.6. The van der Waals surface area contributed by atoms with Crippen LogP contribution in [-0.2, 0) is 25.7 Å². The van der Waals surface area contributed by atoms with Gasteiger partial charge in [0, 0.05) is 36.0 Å². The van der Waals surface area contributed by atoms with Gasteiger partial charge in [-0.2, -0.15) is 0 Å². The fourth-order valence-corrected chi connectivity index (χ4v) is 7.27. The Morgan fingerprint density at radius 3 is 2.33 bits per heavy atom. The first-order valence-corrected chi connectivity index (χ1v) is 14.9. The fourth-order valence-electron chi connectivity index (χ4n) is 5.12. The predicted octanol–water partition coefficient (Wildman–Crippen LogP) is 6.15. The summed E-state index contributed by atoms with van der Waals surface area (Å²) in [6.07, 6.45) is 0.501. The van der Waals surface area contributed by atoms with E-state index < -0.39 is 43.8 Å². The smallest absolute Gasteiger partial charge is 0.409 e. The molecule has 1 aliphatic rings. The number of carbonyl (C=O) groups excluding carboxylic acids is 1. The number of ether oxygens (including phenoxy) is 1. The summed E-state index contributed by atoms with van der Waals surface area (Å²) in [5.74, 6) is -2.67. The molecule has 0 aromatic heterocycles. The number of sulfone groups is 1. The third-order valence-electron chi connectivity index (χ3n) is 7.87. The number of nitrogens with zero attached hydrogens (tertiary/aromatic N) is 1. The molecule has 0 bridgehead atoms. The zero-order valence-corrected chi connectivity index (χ0v) is 23.9. The monoisotopic (exact) mass is 591 g/mol. The summed E-state index contributed by atoms with van der Waals surface area (Å²) >= 11 is 5.94. The fraction of sp³-hybridized carbons (Fsp3) is 0.367. The molecular formula is C30H32ClF2NO5S. The summed E-state index contributed by atoms with van der Waals surface area (Å²) in [4.78, 5) is 14.3. The van der Waals surface area contributed by atoms with E-state index in [0.717, 1.165) is 23.8 Å². The Kier molecular flexibility index (Phi) is 8.87. The van der Waals surface area contributed by atoms with Crippen LogP contribution in [0.1, 0.15) is 37.8 Å². The first-order valence-electron chi connectivity index (χ1n) is 13.0. The maximum atomic E-state index is 15.1. The van der Waals surface area contributed by atoms with Crippen LogP contribution in [-0.4, -0.2) is 49.8 Å². The summed E-state index contributed by atoms with van der Waals surface area (Å²) in [6, 6.07) is 17.7. The second kappa shape index (κ2) is 11.8. The highest BCUT2D eigenvalue weighted by molar-refractivity contribution is 7.92. The summed E-state index contributed by atoms with van der Waals surface area (Å²) in [6.45, 7) is 2.96. The van der Waals surface area contributed by atoms with Crippen molar-refractivity contribution in [1.29, 1.82) is 0 Å². The lowest BCUT2D eigenvalue weighted by molar-refractivity contribution is -0.0213. The number of hydrogen-bond acceptors (Lipinski definition) is 5. The Balaban J connectivity index is 1.51. The van der Waals surface area contributed by atoms with E-state index in [1.54, 1.807) is 0 Å². The number of piperidine rings is 1. The van der Waals surface area contributed by atoms with Gasteiger partial charge in [0.05, 0.1) is 17.1 Å². The lowest BCUT2D eigenvalue weighted by Crippen LogP contribution is -2.48. The number of carbonyl (C=O) groups is 1. The standard InChI is InChI=1S/C30H32ClF2NO5S/c1-21(20-39-28(35)34-16-14-30(36,15-17-34)19-22-6-4-3-5-7-22)29(2,26-18-24(32)10-13-27(26)33)40(37,38)25-11-8-23(31)9-12-25/h3-13,18,21,36H,14-17,19-20H2,1-2H3. The van der Waals surface area contributed by atoms with E-state index in [1.165, 1.54) is 43.0 Å². The molecule has 2 unspecified atom stereocenters. The van der Waals surface area contributed by atoms with E-state index in [9.17, 15) is 22.7 Å². The van der Waals surface area contributed by atoms with Gasteiger partial charge in [0.25, 0.3) is 0 Å². The molecule has 2 atom stereocenters. The van der Waals surface area contributed by atoms with Crippen molar-refractivity contribution in [1.82, 2.24) is 4.90 Å². The van der Waals surface area contributed by atoms with Gasteiger partial charge in [0.15, 0.2) is 9.84 Å². The van der Waals surface area contributed by atoms with Gasteiger partial charge in [-0.25, -0.2) is 22.0 Å². The Morgan fingerprint density at radius 1 is 1.07 bits per heavy atom. The zero-order valence-electron chi connectivity index (χ0n) is 22.3. The van der Waals surface area contributed by atoms with Crippen LogP contribution in [0.15, 0.2) is 77.7 Å². The molecule has 0 radical (unpaired) electrons. The minimum atomic E-state index is -4.33. The van der Waals surface area contributed by atoms with Crippen molar-refractivity contribution >= 4 is 27.5 Å². The van der Waals surface area contributed by atoms with E-state index in [0.29, 0.717) is 24.3 Å². The Hall–Kier alpha value is -3.01.